The molecule has 0 aliphatic rings. The van der Waals surface area contributed by atoms with Gasteiger partial charge in [0.2, 0.25) is 0 Å². The summed E-state index contributed by atoms with van der Waals surface area (Å²) in [6.45, 7) is 0. The third kappa shape index (κ3) is 2.39. The van der Waals surface area contributed by atoms with E-state index in [2.05, 4.69) is 14.7 Å². The number of esters is 1. The molecule has 3 aromatic rings. The molecule has 0 amide bonds. The third-order valence-corrected chi connectivity index (χ3v) is 3.36. The average Bonchev–Trinajstić information content (AvgIpc) is 2.97. The summed E-state index contributed by atoms with van der Waals surface area (Å²) in [5, 5.41) is 11.4. The minimum atomic E-state index is -0.911. The van der Waals surface area contributed by atoms with Crippen molar-refractivity contribution in [3.05, 3.63) is 65.6 Å². The second kappa shape index (κ2) is 5.38. The van der Waals surface area contributed by atoms with Gasteiger partial charge in [0.25, 0.3) is 0 Å². The first-order valence-corrected chi connectivity index (χ1v) is 6.50. The highest BCUT2D eigenvalue weighted by Gasteiger charge is 2.18. The molecule has 1 unspecified atom stereocenters. The van der Waals surface area contributed by atoms with Crippen LogP contribution in [0.4, 0.5) is 0 Å². The Morgan fingerprint density at radius 3 is 2.86 bits per heavy atom. The lowest BCUT2D eigenvalue weighted by molar-refractivity contribution is 0.0593. The van der Waals surface area contributed by atoms with Crippen LogP contribution in [0.2, 0.25) is 0 Å². The highest BCUT2D eigenvalue weighted by atomic mass is 16.5. The van der Waals surface area contributed by atoms with Crippen LogP contribution in [0.15, 0.2) is 48.7 Å². The fourth-order valence-corrected chi connectivity index (χ4v) is 2.30. The van der Waals surface area contributed by atoms with E-state index in [9.17, 15) is 9.90 Å². The van der Waals surface area contributed by atoms with Crippen molar-refractivity contribution < 1.29 is 14.6 Å². The summed E-state index contributed by atoms with van der Waals surface area (Å²) in [6.07, 6.45) is 0.840. The first-order chi connectivity index (χ1) is 10.2. The van der Waals surface area contributed by atoms with Crippen molar-refractivity contribution in [1.82, 2.24) is 9.97 Å². The molecule has 2 N–H and O–H groups in total. The third-order valence-electron chi connectivity index (χ3n) is 3.36. The number of H-pyrrole nitrogens is 1. The molecule has 2 aromatic heterocycles. The number of carbonyl (C=O) groups is 1. The Morgan fingerprint density at radius 2 is 2.05 bits per heavy atom. The topological polar surface area (TPSA) is 75.2 Å². The quantitative estimate of drug-likeness (QED) is 0.723. The fourth-order valence-electron chi connectivity index (χ4n) is 2.30. The molecule has 0 spiro atoms. The van der Waals surface area contributed by atoms with E-state index in [-0.39, 0.29) is 5.69 Å². The second-order valence-electron chi connectivity index (χ2n) is 4.63. The molecule has 0 saturated heterocycles. The predicted molar refractivity (Wildman–Crippen MR) is 77.9 cm³/mol. The van der Waals surface area contributed by atoms with E-state index in [0.717, 1.165) is 16.5 Å². The van der Waals surface area contributed by atoms with Gasteiger partial charge in [0.15, 0.2) is 0 Å². The van der Waals surface area contributed by atoms with Crippen LogP contribution in [0, 0.1) is 0 Å². The van der Waals surface area contributed by atoms with Crippen molar-refractivity contribution in [2.45, 2.75) is 6.10 Å². The Labute approximate surface area is 121 Å². The molecule has 0 aliphatic carbocycles. The van der Waals surface area contributed by atoms with Gasteiger partial charge in [-0.25, -0.2) is 9.78 Å². The van der Waals surface area contributed by atoms with E-state index in [4.69, 9.17) is 0 Å². The Hall–Kier alpha value is -2.66. The number of pyridine rings is 1. The first-order valence-electron chi connectivity index (χ1n) is 6.50. The van der Waals surface area contributed by atoms with Crippen LogP contribution in [-0.4, -0.2) is 28.2 Å². The van der Waals surface area contributed by atoms with E-state index in [1.807, 2.05) is 24.3 Å². The number of hydrogen-bond acceptors (Lipinski definition) is 4. The molecule has 21 heavy (non-hydrogen) atoms. The van der Waals surface area contributed by atoms with Gasteiger partial charge in [-0.3, -0.25) is 0 Å². The van der Waals surface area contributed by atoms with Crippen LogP contribution in [0.3, 0.4) is 0 Å². The molecule has 0 radical (unpaired) electrons. The molecule has 106 valence electrons. The smallest absolute Gasteiger partial charge is 0.356 e. The van der Waals surface area contributed by atoms with Gasteiger partial charge in [-0.15, -0.1) is 0 Å². The number of benzene rings is 1. The van der Waals surface area contributed by atoms with Gasteiger partial charge in [0, 0.05) is 22.7 Å². The summed E-state index contributed by atoms with van der Waals surface area (Å²) in [5.41, 5.74) is 2.24. The van der Waals surface area contributed by atoms with E-state index in [1.54, 1.807) is 24.4 Å². The Bertz CT molecular complexity index is 795. The maximum Gasteiger partial charge on any atom is 0.356 e. The normalized spacial score (nSPS) is 12.3. The number of carbonyl (C=O) groups excluding carboxylic acids is 1. The maximum absolute atomic E-state index is 11.5. The Kier molecular flexibility index (Phi) is 3.41. The van der Waals surface area contributed by atoms with E-state index < -0.39 is 12.1 Å². The zero-order valence-electron chi connectivity index (χ0n) is 11.4. The van der Waals surface area contributed by atoms with Gasteiger partial charge in [-0.05, 0) is 18.2 Å². The van der Waals surface area contributed by atoms with Gasteiger partial charge >= 0.3 is 5.97 Å². The number of aliphatic hydroxyl groups is 1. The second-order valence-corrected chi connectivity index (χ2v) is 4.63. The summed E-state index contributed by atoms with van der Waals surface area (Å²) in [7, 11) is 1.30. The molecule has 3 rings (SSSR count). The summed E-state index contributed by atoms with van der Waals surface area (Å²) in [4.78, 5) is 18.8. The lowest BCUT2D eigenvalue weighted by Crippen LogP contribution is -2.08. The van der Waals surface area contributed by atoms with Crippen LogP contribution in [0.1, 0.15) is 27.8 Å². The molecule has 1 atom stereocenters. The number of aliphatic hydroxyl groups excluding tert-OH is 1. The zero-order valence-corrected chi connectivity index (χ0v) is 11.4. The molecular formula is C16H14N2O3. The number of hydrogen-bond donors (Lipinski definition) is 2. The van der Waals surface area contributed by atoms with Crippen molar-refractivity contribution in [2.24, 2.45) is 0 Å². The largest absolute Gasteiger partial charge is 0.464 e. The number of aromatic amines is 1. The number of para-hydroxylation sites is 1. The van der Waals surface area contributed by atoms with E-state index in [1.165, 1.54) is 7.11 Å². The van der Waals surface area contributed by atoms with Crippen LogP contribution < -0.4 is 0 Å². The molecule has 0 fully saturated rings. The number of rotatable bonds is 3. The molecule has 0 bridgehead atoms. The Balaban J connectivity index is 2.02. The molecule has 1 aromatic carbocycles. The van der Waals surface area contributed by atoms with Crippen LogP contribution >= 0.6 is 0 Å². The van der Waals surface area contributed by atoms with E-state index >= 15 is 0 Å². The maximum atomic E-state index is 11.5. The molecule has 5 nitrogen and oxygen atoms in total. The van der Waals surface area contributed by atoms with Crippen molar-refractivity contribution in [1.29, 1.82) is 0 Å². The number of fused-ring (bicyclic) bond motifs is 1. The number of ether oxygens (including phenoxy) is 1. The van der Waals surface area contributed by atoms with Gasteiger partial charge in [-0.2, -0.15) is 0 Å². The summed E-state index contributed by atoms with van der Waals surface area (Å²) < 4.78 is 4.64. The standard InChI is InChI=1S/C16H14N2O3/c1-21-16(20)14-8-4-7-13(18-14)15(19)11-9-17-12-6-3-2-5-10(11)12/h2-9,15,17,19H,1H3. The molecule has 5 heteroatoms. The van der Waals surface area contributed by atoms with Crippen molar-refractivity contribution >= 4 is 16.9 Å². The monoisotopic (exact) mass is 282 g/mol. The van der Waals surface area contributed by atoms with Crippen LogP contribution in [-0.2, 0) is 4.74 Å². The van der Waals surface area contributed by atoms with Gasteiger partial charge < -0.3 is 14.8 Å². The van der Waals surface area contributed by atoms with E-state index in [0.29, 0.717) is 5.69 Å². The minimum Gasteiger partial charge on any atom is -0.464 e. The minimum absolute atomic E-state index is 0.175. The number of methoxy groups -OCH3 is 1. The average molecular weight is 282 g/mol. The van der Waals surface area contributed by atoms with Crippen LogP contribution in [0.25, 0.3) is 10.9 Å². The summed E-state index contributed by atoms with van der Waals surface area (Å²) in [6, 6.07) is 12.6. The fraction of sp³-hybridized carbons (Fsp3) is 0.125. The molecular weight excluding hydrogens is 268 g/mol. The zero-order chi connectivity index (χ0) is 14.8. The predicted octanol–water partition coefficient (Wildman–Crippen LogP) is 2.43. The first kappa shape index (κ1) is 13.3. The van der Waals surface area contributed by atoms with Crippen LogP contribution in [0.5, 0.6) is 0 Å². The van der Waals surface area contributed by atoms with Gasteiger partial charge in [0.05, 0.1) is 12.8 Å². The SMILES string of the molecule is COC(=O)c1cccc(C(O)c2c[nH]c3ccccc23)n1. The summed E-state index contributed by atoms with van der Waals surface area (Å²) in [5.74, 6) is -0.525. The molecule has 0 saturated carbocycles. The molecule has 0 aliphatic heterocycles. The number of aromatic nitrogens is 2. The lowest BCUT2D eigenvalue weighted by atomic mass is 10.0. The molecule has 2 heterocycles. The van der Waals surface area contributed by atoms with Gasteiger partial charge in [0.1, 0.15) is 11.8 Å². The highest BCUT2D eigenvalue weighted by Crippen LogP contribution is 2.27. The van der Waals surface area contributed by atoms with Crippen molar-refractivity contribution in [3.63, 3.8) is 0 Å². The van der Waals surface area contributed by atoms with Crippen molar-refractivity contribution in [3.8, 4) is 0 Å². The Morgan fingerprint density at radius 1 is 1.24 bits per heavy atom. The number of nitrogens with zero attached hydrogens (tertiary/aromatic N) is 1. The lowest BCUT2D eigenvalue weighted by Gasteiger charge is -2.10. The van der Waals surface area contributed by atoms with Crippen molar-refractivity contribution in [2.75, 3.05) is 7.11 Å². The highest BCUT2D eigenvalue weighted by molar-refractivity contribution is 5.87. The number of nitrogens with one attached hydrogen (secondary N) is 1. The summed E-state index contributed by atoms with van der Waals surface area (Å²) >= 11 is 0. The van der Waals surface area contributed by atoms with Gasteiger partial charge in [-0.1, -0.05) is 24.3 Å².